The number of aryl methyl sites for hydroxylation is 1. The Morgan fingerprint density at radius 3 is 2.58 bits per heavy atom. The Balaban J connectivity index is 1.85. The van der Waals surface area contributed by atoms with Crippen LogP contribution in [-0.4, -0.2) is 40.7 Å². The van der Waals surface area contributed by atoms with Gasteiger partial charge in [-0.1, -0.05) is 18.2 Å². The van der Waals surface area contributed by atoms with Crippen molar-refractivity contribution < 1.29 is 9.59 Å². The third-order valence-corrected chi connectivity index (χ3v) is 5.70. The molecule has 1 aromatic carbocycles. The van der Waals surface area contributed by atoms with Gasteiger partial charge in [-0.3, -0.25) is 14.6 Å². The van der Waals surface area contributed by atoms with Crippen LogP contribution in [0.4, 0.5) is 5.69 Å². The van der Waals surface area contributed by atoms with Gasteiger partial charge in [0.2, 0.25) is 0 Å². The van der Waals surface area contributed by atoms with Crippen molar-refractivity contribution in [2.45, 2.75) is 39.7 Å². The van der Waals surface area contributed by atoms with Crippen molar-refractivity contribution in [3.8, 4) is 11.1 Å². The Morgan fingerprint density at radius 1 is 1.22 bits per heavy atom. The van der Waals surface area contributed by atoms with Gasteiger partial charge in [-0.25, -0.2) is 5.84 Å². The highest BCUT2D eigenvalue weighted by Gasteiger charge is 2.29. The van der Waals surface area contributed by atoms with Gasteiger partial charge in [0.15, 0.2) is 0 Å². The van der Waals surface area contributed by atoms with Crippen LogP contribution in [0.2, 0.25) is 0 Å². The van der Waals surface area contributed by atoms with Crippen LogP contribution >= 0.6 is 0 Å². The van der Waals surface area contributed by atoms with Crippen LogP contribution in [0.5, 0.6) is 0 Å². The van der Waals surface area contributed by atoms with E-state index in [1.807, 2.05) is 51.1 Å². The number of nitrogens with zero attached hydrogens (tertiary/aromatic N) is 3. The van der Waals surface area contributed by atoms with Gasteiger partial charge in [0.25, 0.3) is 11.8 Å². The second kappa shape index (κ2) is 11.5. The molecule has 1 aliphatic rings. The summed E-state index contributed by atoms with van der Waals surface area (Å²) >= 11 is 0. The van der Waals surface area contributed by atoms with E-state index in [1.54, 1.807) is 19.3 Å². The number of carbonyl (C=O) groups excluding carboxylic acids is 2. The fourth-order valence-electron chi connectivity index (χ4n) is 3.35. The number of amidine groups is 1. The number of hydrogen-bond acceptors (Lipinski definition) is 7. The maximum absolute atomic E-state index is 12.5. The molecule has 1 aromatic heterocycles. The van der Waals surface area contributed by atoms with E-state index >= 15 is 0 Å². The van der Waals surface area contributed by atoms with E-state index in [2.05, 4.69) is 20.6 Å². The number of aliphatic imine (C=N–C) groups is 1. The standard InChI is InChI=1S/C26H34N8O2/c1-15(2)34(29)14-22(27)26(36)32-20-11-21(16(3)31-13-20)18-6-5-7-19(10-18)23(30-4)12-24(28)33-25(35)17-8-9-17/h5-7,10-15,17,30H,8-9,27,29H2,1-4H3,(H,32,36)(H2,28,33,35)/b22-14-,23-12-. The zero-order valence-electron chi connectivity index (χ0n) is 21.1. The predicted molar refractivity (Wildman–Crippen MR) is 143 cm³/mol. The van der Waals surface area contributed by atoms with Crippen molar-refractivity contribution in [1.82, 2.24) is 15.3 Å². The van der Waals surface area contributed by atoms with Crippen LogP contribution in [-0.2, 0) is 9.59 Å². The van der Waals surface area contributed by atoms with Crippen molar-refractivity contribution in [2.24, 2.45) is 28.2 Å². The molecule has 1 heterocycles. The molecule has 0 bridgehead atoms. The minimum atomic E-state index is -0.479. The third kappa shape index (κ3) is 6.92. The Kier molecular flexibility index (Phi) is 8.44. The lowest BCUT2D eigenvalue weighted by atomic mass is 10.00. The average Bonchev–Trinajstić information content (AvgIpc) is 3.69. The highest BCUT2D eigenvalue weighted by atomic mass is 16.2. The molecule has 1 fully saturated rings. The largest absolute Gasteiger partial charge is 0.393 e. The smallest absolute Gasteiger partial charge is 0.273 e. The summed E-state index contributed by atoms with van der Waals surface area (Å²) in [5.74, 6) is 5.35. The quantitative estimate of drug-likeness (QED) is 0.117. The summed E-state index contributed by atoms with van der Waals surface area (Å²) in [6.07, 6.45) is 6.36. The fourth-order valence-corrected chi connectivity index (χ4v) is 3.35. The molecule has 36 heavy (non-hydrogen) atoms. The molecular formula is C26H34N8O2. The number of amides is 2. The Hall–Kier alpha value is -4.18. The molecule has 8 N–H and O–H groups in total. The van der Waals surface area contributed by atoms with Gasteiger partial charge in [-0.15, -0.1) is 0 Å². The zero-order valence-corrected chi connectivity index (χ0v) is 21.1. The normalized spacial score (nSPS) is 14.6. The fraction of sp³-hybridized carbons (Fsp3) is 0.308. The van der Waals surface area contributed by atoms with Gasteiger partial charge >= 0.3 is 0 Å². The maximum Gasteiger partial charge on any atom is 0.273 e. The average molecular weight is 491 g/mol. The molecule has 2 aromatic rings. The Morgan fingerprint density at radius 2 is 1.94 bits per heavy atom. The lowest BCUT2D eigenvalue weighted by molar-refractivity contribution is -0.119. The van der Waals surface area contributed by atoms with Crippen LogP contribution in [0, 0.1) is 12.8 Å². The van der Waals surface area contributed by atoms with E-state index < -0.39 is 5.91 Å². The van der Waals surface area contributed by atoms with Crippen molar-refractivity contribution in [3.63, 3.8) is 0 Å². The number of aromatic nitrogens is 1. The van der Waals surface area contributed by atoms with Crippen molar-refractivity contribution >= 4 is 29.0 Å². The molecule has 0 spiro atoms. The van der Waals surface area contributed by atoms with Crippen LogP contribution in [0.15, 0.2) is 59.5 Å². The topological polar surface area (TPSA) is 165 Å². The molecule has 0 saturated heterocycles. The number of benzene rings is 1. The predicted octanol–water partition coefficient (Wildman–Crippen LogP) is 2.23. The van der Waals surface area contributed by atoms with E-state index in [0.717, 1.165) is 35.2 Å². The first-order chi connectivity index (χ1) is 17.1. The number of anilines is 1. The maximum atomic E-state index is 12.5. The summed E-state index contributed by atoms with van der Waals surface area (Å²) in [5, 5.41) is 7.25. The number of nitrogens with two attached hydrogens (primary N) is 3. The molecule has 0 atom stereocenters. The molecule has 10 nitrogen and oxygen atoms in total. The van der Waals surface area contributed by atoms with Crippen LogP contribution in [0.1, 0.15) is 37.9 Å². The zero-order chi connectivity index (χ0) is 26.4. The van der Waals surface area contributed by atoms with E-state index in [9.17, 15) is 9.59 Å². The van der Waals surface area contributed by atoms with E-state index in [-0.39, 0.29) is 29.4 Å². The van der Waals surface area contributed by atoms with Crippen LogP contribution in [0.25, 0.3) is 16.8 Å². The minimum absolute atomic E-state index is 0.00636. The molecule has 190 valence electrons. The lowest BCUT2D eigenvalue weighted by Crippen LogP contribution is -2.34. The molecule has 1 saturated carbocycles. The molecule has 3 rings (SSSR count). The van der Waals surface area contributed by atoms with Gasteiger partial charge in [0.05, 0.1) is 11.9 Å². The summed E-state index contributed by atoms with van der Waals surface area (Å²) in [4.78, 5) is 32.9. The molecule has 0 aliphatic heterocycles. The number of hydrogen-bond donors (Lipinski definition) is 5. The minimum Gasteiger partial charge on any atom is -0.393 e. The molecule has 0 radical (unpaired) electrons. The lowest BCUT2D eigenvalue weighted by Gasteiger charge is -2.19. The number of carbonyl (C=O) groups is 2. The SMILES string of the molecule is CN/C(=C\C(N)=NC(=O)C1CC1)c1cccc(-c2cc(NC(=O)/C(N)=C/N(N)C(C)C)cnc2C)c1. The molecule has 0 unspecified atom stereocenters. The van der Waals surface area contributed by atoms with Gasteiger partial charge in [-0.2, -0.15) is 4.99 Å². The van der Waals surface area contributed by atoms with Gasteiger partial charge in [0, 0.05) is 48.2 Å². The molecular weight excluding hydrogens is 456 g/mol. The van der Waals surface area contributed by atoms with E-state index in [1.165, 1.54) is 11.2 Å². The number of nitrogens with one attached hydrogen (secondary N) is 2. The van der Waals surface area contributed by atoms with E-state index in [0.29, 0.717) is 11.4 Å². The van der Waals surface area contributed by atoms with Gasteiger partial charge in [0.1, 0.15) is 11.5 Å². The van der Waals surface area contributed by atoms with Crippen molar-refractivity contribution in [1.29, 1.82) is 0 Å². The highest BCUT2D eigenvalue weighted by Crippen LogP contribution is 2.30. The first-order valence-corrected chi connectivity index (χ1v) is 11.8. The molecule has 10 heteroatoms. The summed E-state index contributed by atoms with van der Waals surface area (Å²) in [7, 11) is 1.77. The summed E-state index contributed by atoms with van der Waals surface area (Å²) in [6, 6.07) is 9.58. The molecule has 1 aliphatic carbocycles. The molecule has 2 amide bonds. The monoisotopic (exact) mass is 490 g/mol. The highest BCUT2D eigenvalue weighted by molar-refractivity contribution is 6.05. The number of hydrazine groups is 1. The number of pyridine rings is 1. The summed E-state index contributed by atoms with van der Waals surface area (Å²) in [6.45, 7) is 5.66. The second-order valence-electron chi connectivity index (χ2n) is 8.97. The number of rotatable bonds is 9. The van der Waals surface area contributed by atoms with Crippen LogP contribution in [0.3, 0.4) is 0 Å². The van der Waals surface area contributed by atoms with Gasteiger partial charge < -0.3 is 27.1 Å². The van der Waals surface area contributed by atoms with E-state index in [4.69, 9.17) is 17.3 Å². The summed E-state index contributed by atoms with van der Waals surface area (Å²) < 4.78 is 0. The Labute approximate surface area is 211 Å². The second-order valence-corrected chi connectivity index (χ2v) is 8.97. The summed E-state index contributed by atoms with van der Waals surface area (Å²) in [5.41, 5.74) is 16.4. The first-order valence-electron chi connectivity index (χ1n) is 11.8. The van der Waals surface area contributed by atoms with Crippen LogP contribution < -0.4 is 27.9 Å². The van der Waals surface area contributed by atoms with Crippen molar-refractivity contribution in [2.75, 3.05) is 12.4 Å². The third-order valence-electron chi connectivity index (χ3n) is 5.70. The van der Waals surface area contributed by atoms with Crippen molar-refractivity contribution in [3.05, 3.63) is 65.8 Å². The Bertz CT molecular complexity index is 1230. The van der Waals surface area contributed by atoms with Gasteiger partial charge in [-0.05, 0) is 56.9 Å². The first kappa shape index (κ1) is 26.4.